The molecule has 0 spiro atoms. The lowest BCUT2D eigenvalue weighted by molar-refractivity contribution is -0.135. The van der Waals surface area contributed by atoms with Crippen molar-refractivity contribution in [3.63, 3.8) is 0 Å². The zero-order valence-electron chi connectivity index (χ0n) is 8.40. The summed E-state index contributed by atoms with van der Waals surface area (Å²) < 4.78 is 10.6. The molecule has 1 heterocycles. The molecular formula is C11H14N2O2. The van der Waals surface area contributed by atoms with E-state index in [0.29, 0.717) is 19.8 Å². The van der Waals surface area contributed by atoms with Gasteiger partial charge in [0.2, 0.25) is 0 Å². The second kappa shape index (κ2) is 4.42. The lowest BCUT2D eigenvalue weighted by atomic mass is 10.1. The molecule has 4 heteroatoms. The van der Waals surface area contributed by atoms with E-state index >= 15 is 0 Å². The van der Waals surface area contributed by atoms with E-state index < -0.39 is 0 Å². The minimum absolute atomic E-state index is 0.0925. The van der Waals surface area contributed by atoms with Crippen molar-refractivity contribution in [2.45, 2.75) is 12.7 Å². The van der Waals surface area contributed by atoms with Crippen LogP contribution in [0.3, 0.4) is 0 Å². The Morgan fingerprint density at radius 2 is 2.07 bits per heavy atom. The summed E-state index contributed by atoms with van der Waals surface area (Å²) in [7, 11) is 0. The Hall–Kier alpha value is -1.39. The third kappa shape index (κ3) is 2.55. The van der Waals surface area contributed by atoms with Crippen LogP contribution in [-0.4, -0.2) is 25.2 Å². The maximum absolute atomic E-state index is 7.24. The molecule has 2 rings (SSSR count). The monoisotopic (exact) mass is 206 g/mol. The van der Waals surface area contributed by atoms with Gasteiger partial charge in [-0.05, 0) is 5.56 Å². The van der Waals surface area contributed by atoms with Gasteiger partial charge in [0.1, 0.15) is 11.9 Å². The van der Waals surface area contributed by atoms with Crippen LogP contribution in [0.1, 0.15) is 11.1 Å². The van der Waals surface area contributed by atoms with Gasteiger partial charge in [-0.25, -0.2) is 0 Å². The van der Waals surface area contributed by atoms with E-state index in [4.69, 9.17) is 20.6 Å². The van der Waals surface area contributed by atoms with Gasteiger partial charge < -0.3 is 15.2 Å². The van der Waals surface area contributed by atoms with Gasteiger partial charge in [0, 0.05) is 5.56 Å². The number of amidine groups is 1. The van der Waals surface area contributed by atoms with Gasteiger partial charge in [-0.3, -0.25) is 5.41 Å². The molecule has 1 aromatic rings. The molecule has 0 aromatic heterocycles. The average Bonchev–Trinajstić information content (AvgIpc) is 2.16. The Morgan fingerprint density at radius 1 is 1.40 bits per heavy atom. The molecule has 1 fully saturated rings. The summed E-state index contributed by atoms with van der Waals surface area (Å²) in [5.74, 6) is 0.0925. The maximum atomic E-state index is 7.24. The molecule has 0 radical (unpaired) electrons. The summed E-state index contributed by atoms with van der Waals surface area (Å²) >= 11 is 0. The third-order valence-electron chi connectivity index (χ3n) is 2.36. The molecule has 0 unspecified atom stereocenters. The number of hydrogen-bond acceptors (Lipinski definition) is 3. The maximum Gasteiger partial charge on any atom is 0.122 e. The number of hydrogen-bond donors (Lipinski definition) is 2. The first-order valence-electron chi connectivity index (χ1n) is 4.88. The van der Waals surface area contributed by atoms with Crippen LogP contribution >= 0.6 is 0 Å². The second-order valence-corrected chi connectivity index (χ2v) is 3.58. The summed E-state index contributed by atoms with van der Waals surface area (Å²) in [6, 6.07) is 7.52. The molecule has 1 aliphatic heterocycles. The van der Waals surface area contributed by atoms with Crippen molar-refractivity contribution < 1.29 is 9.47 Å². The van der Waals surface area contributed by atoms with E-state index in [2.05, 4.69) is 0 Å². The lowest BCUT2D eigenvalue weighted by Gasteiger charge is -2.25. The Labute approximate surface area is 88.5 Å². The van der Waals surface area contributed by atoms with Crippen LogP contribution < -0.4 is 5.73 Å². The fourth-order valence-electron chi connectivity index (χ4n) is 1.30. The highest BCUT2D eigenvalue weighted by atomic mass is 16.6. The highest BCUT2D eigenvalue weighted by Gasteiger charge is 2.18. The van der Waals surface area contributed by atoms with Gasteiger partial charge >= 0.3 is 0 Å². The molecule has 15 heavy (non-hydrogen) atoms. The third-order valence-corrected chi connectivity index (χ3v) is 2.36. The normalized spacial score (nSPS) is 16.0. The van der Waals surface area contributed by atoms with E-state index in [1.165, 1.54) is 0 Å². The Balaban J connectivity index is 1.88. The summed E-state index contributed by atoms with van der Waals surface area (Å²) in [6.45, 7) is 1.99. The largest absolute Gasteiger partial charge is 0.384 e. The summed E-state index contributed by atoms with van der Waals surface area (Å²) in [5, 5.41) is 7.24. The first-order valence-corrected chi connectivity index (χ1v) is 4.88. The number of benzene rings is 1. The van der Waals surface area contributed by atoms with Crippen molar-refractivity contribution in [2.24, 2.45) is 5.73 Å². The quantitative estimate of drug-likeness (QED) is 0.567. The highest BCUT2D eigenvalue weighted by Crippen LogP contribution is 2.10. The average molecular weight is 206 g/mol. The van der Waals surface area contributed by atoms with Crippen LogP contribution in [0, 0.1) is 5.41 Å². The topological polar surface area (TPSA) is 68.3 Å². The van der Waals surface area contributed by atoms with Crippen molar-refractivity contribution in [3.05, 3.63) is 35.4 Å². The van der Waals surface area contributed by atoms with Crippen LogP contribution in [0.5, 0.6) is 0 Å². The smallest absolute Gasteiger partial charge is 0.122 e. The van der Waals surface area contributed by atoms with Gasteiger partial charge in [0.05, 0.1) is 19.8 Å². The predicted molar refractivity (Wildman–Crippen MR) is 56.9 cm³/mol. The van der Waals surface area contributed by atoms with Crippen LogP contribution in [0.15, 0.2) is 24.3 Å². The second-order valence-electron chi connectivity index (χ2n) is 3.58. The van der Waals surface area contributed by atoms with E-state index in [1.807, 2.05) is 24.3 Å². The minimum atomic E-state index is 0.0925. The predicted octanol–water partition coefficient (Wildman–Crippen LogP) is 0.886. The number of nitrogens with one attached hydrogen (secondary N) is 1. The standard InChI is InChI=1S/C11H14N2O2/c12-11(13)9-3-1-8(2-4-9)5-15-10-6-14-7-10/h1-4,10H,5-7H2,(H3,12,13). The molecule has 80 valence electrons. The molecule has 1 aliphatic rings. The molecule has 0 amide bonds. The number of nitrogen functional groups attached to an aromatic ring is 1. The Bertz CT molecular complexity index is 344. The number of ether oxygens (including phenoxy) is 2. The first kappa shape index (κ1) is 10.1. The molecule has 3 N–H and O–H groups in total. The first-order chi connectivity index (χ1) is 7.25. The van der Waals surface area contributed by atoms with Crippen LogP contribution in [0.25, 0.3) is 0 Å². The molecule has 1 aromatic carbocycles. The number of nitrogens with two attached hydrogens (primary N) is 1. The van der Waals surface area contributed by atoms with Crippen molar-refractivity contribution in [1.82, 2.24) is 0 Å². The van der Waals surface area contributed by atoms with Crippen LogP contribution in [0.2, 0.25) is 0 Å². The Kier molecular flexibility index (Phi) is 2.99. The molecule has 0 aliphatic carbocycles. The molecule has 0 saturated carbocycles. The van der Waals surface area contributed by atoms with Crippen molar-refractivity contribution in [3.8, 4) is 0 Å². The summed E-state index contributed by atoms with van der Waals surface area (Å²) in [6.07, 6.45) is 0.248. The summed E-state index contributed by atoms with van der Waals surface area (Å²) in [4.78, 5) is 0. The van der Waals surface area contributed by atoms with Crippen molar-refractivity contribution in [2.75, 3.05) is 13.2 Å². The van der Waals surface area contributed by atoms with Gasteiger partial charge in [-0.2, -0.15) is 0 Å². The van der Waals surface area contributed by atoms with E-state index in [-0.39, 0.29) is 11.9 Å². The van der Waals surface area contributed by atoms with Crippen molar-refractivity contribution in [1.29, 1.82) is 5.41 Å². The molecule has 0 atom stereocenters. The van der Waals surface area contributed by atoms with E-state index in [0.717, 1.165) is 11.1 Å². The summed E-state index contributed by atoms with van der Waals surface area (Å²) in [5.41, 5.74) is 7.18. The van der Waals surface area contributed by atoms with Gasteiger partial charge in [-0.15, -0.1) is 0 Å². The fraction of sp³-hybridized carbons (Fsp3) is 0.364. The minimum Gasteiger partial charge on any atom is -0.384 e. The van der Waals surface area contributed by atoms with Crippen molar-refractivity contribution >= 4 is 5.84 Å². The lowest BCUT2D eigenvalue weighted by Crippen LogP contribution is -2.35. The molecule has 0 bridgehead atoms. The molecule has 1 saturated heterocycles. The van der Waals surface area contributed by atoms with Crippen LogP contribution in [0.4, 0.5) is 0 Å². The van der Waals surface area contributed by atoms with E-state index in [1.54, 1.807) is 0 Å². The van der Waals surface area contributed by atoms with Gasteiger partial charge in [0.25, 0.3) is 0 Å². The zero-order valence-corrected chi connectivity index (χ0v) is 8.40. The SMILES string of the molecule is N=C(N)c1ccc(COC2COC2)cc1. The zero-order chi connectivity index (χ0) is 10.7. The van der Waals surface area contributed by atoms with Gasteiger partial charge in [0.15, 0.2) is 0 Å². The van der Waals surface area contributed by atoms with E-state index in [9.17, 15) is 0 Å². The van der Waals surface area contributed by atoms with Gasteiger partial charge in [-0.1, -0.05) is 24.3 Å². The number of rotatable bonds is 4. The Morgan fingerprint density at radius 3 is 2.53 bits per heavy atom. The molecule has 4 nitrogen and oxygen atoms in total. The van der Waals surface area contributed by atoms with Crippen LogP contribution in [-0.2, 0) is 16.1 Å². The molecular weight excluding hydrogens is 192 g/mol. The highest BCUT2D eigenvalue weighted by molar-refractivity contribution is 5.94. The fourth-order valence-corrected chi connectivity index (χ4v) is 1.30.